The van der Waals surface area contributed by atoms with Gasteiger partial charge < -0.3 is 9.64 Å². The lowest BCUT2D eigenvalue weighted by Crippen LogP contribution is -2.52. The molecule has 1 amide bonds. The highest BCUT2D eigenvalue weighted by Gasteiger charge is 2.33. The standard InChI is InChI=1S/C35H39N3O4S/c1-28-18-19-32(42-2)33(26-28)43(40,41)38(21-20-29-12-6-3-7-13-29)27-34(39)36-22-24-37(25-23-36)35(30-14-8-4-9-15-30)31-16-10-5-11-17-31/h3-19,26,35H,20-25,27H2,1-2H3. The molecule has 0 atom stereocenters. The van der Waals surface area contributed by atoms with Crippen molar-refractivity contribution in [3.05, 3.63) is 131 Å². The summed E-state index contributed by atoms with van der Waals surface area (Å²) >= 11 is 0. The molecule has 0 unspecified atom stereocenters. The van der Waals surface area contributed by atoms with Crippen LogP contribution in [0.3, 0.4) is 0 Å². The third-order valence-corrected chi connectivity index (χ3v) is 9.87. The largest absolute Gasteiger partial charge is 0.495 e. The lowest BCUT2D eigenvalue weighted by atomic mass is 9.96. The van der Waals surface area contributed by atoms with Gasteiger partial charge >= 0.3 is 0 Å². The van der Waals surface area contributed by atoms with Crippen molar-refractivity contribution >= 4 is 15.9 Å². The second kappa shape index (κ2) is 14.0. The second-order valence-electron chi connectivity index (χ2n) is 10.9. The molecule has 1 fully saturated rings. The molecule has 43 heavy (non-hydrogen) atoms. The van der Waals surface area contributed by atoms with Crippen molar-refractivity contribution in [2.24, 2.45) is 0 Å². The van der Waals surface area contributed by atoms with Crippen LogP contribution in [0.25, 0.3) is 0 Å². The first kappa shape index (κ1) is 30.5. The number of hydrogen-bond donors (Lipinski definition) is 0. The van der Waals surface area contributed by atoms with Crippen molar-refractivity contribution < 1.29 is 17.9 Å². The average molecular weight is 598 g/mol. The molecule has 4 aromatic carbocycles. The zero-order valence-electron chi connectivity index (χ0n) is 24.8. The summed E-state index contributed by atoms with van der Waals surface area (Å²) in [4.78, 5) is 18.0. The maximum Gasteiger partial charge on any atom is 0.247 e. The molecule has 0 spiro atoms. The molecule has 224 valence electrons. The van der Waals surface area contributed by atoms with Crippen LogP contribution in [-0.4, -0.2) is 74.8 Å². The minimum Gasteiger partial charge on any atom is -0.495 e. The Morgan fingerprint density at radius 3 is 1.93 bits per heavy atom. The molecule has 0 saturated carbocycles. The van der Waals surface area contributed by atoms with Gasteiger partial charge in [-0.1, -0.05) is 97.1 Å². The first-order chi connectivity index (χ1) is 20.9. The Morgan fingerprint density at radius 2 is 1.37 bits per heavy atom. The minimum absolute atomic E-state index is 0.0780. The summed E-state index contributed by atoms with van der Waals surface area (Å²) in [5.74, 6) is 0.0723. The summed E-state index contributed by atoms with van der Waals surface area (Å²) in [7, 11) is -2.56. The number of piperazine rings is 1. The number of rotatable bonds is 11. The van der Waals surface area contributed by atoms with Crippen LogP contribution in [0.1, 0.15) is 28.3 Å². The number of aryl methyl sites for hydroxylation is 1. The number of carbonyl (C=O) groups excluding carboxylic acids is 1. The van der Waals surface area contributed by atoms with Gasteiger partial charge in [0.1, 0.15) is 10.6 Å². The van der Waals surface area contributed by atoms with Gasteiger partial charge in [-0.25, -0.2) is 8.42 Å². The highest BCUT2D eigenvalue weighted by molar-refractivity contribution is 7.89. The van der Waals surface area contributed by atoms with Crippen LogP contribution in [0.5, 0.6) is 5.75 Å². The maximum atomic E-state index is 14.0. The maximum absolute atomic E-state index is 14.0. The Morgan fingerprint density at radius 1 is 0.814 bits per heavy atom. The quantitative estimate of drug-likeness (QED) is 0.239. The number of amides is 1. The predicted octanol–water partition coefficient (Wildman–Crippen LogP) is 5.17. The van der Waals surface area contributed by atoms with Crippen LogP contribution in [0.4, 0.5) is 0 Å². The van der Waals surface area contributed by atoms with Gasteiger partial charge in [0, 0.05) is 32.7 Å². The van der Waals surface area contributed by atoms with Crippen molar-refractivity contribution in [1.82, 2.24) is 14.1 Å². The average Bonchev–Trinajstić information content (AvgIpc) is 3.05. The highest BCUT2D eigenvalue weighted by atomic mass is 32.2. The van der Waals surface area contributed by atoms with E-state index in [1.165, 1.54) is 22.5 Å². The van der Waals surface area contributed by atoms with E-state index in [2.05, 4.69) is 53.4 Å². The Labute approximate surface area is 255 Å². The van der Waals surface area contributed by atoms with Gasteiger partial charge in [-0.15, -0.1) is 0 Å². The van der Waals surface area contributed by atoms with E-state index in [9.17, 15) is 13.2 Å². The van der Waals surface area contributed by atoms with Crippen molar-refractivity contribution in [3.63, 3.8) is 0 Å². The first-order valence-electron chi connectivity index (χ1n) is 14.7. The number of ether oxygens (including phenoxy) is 1. The molecule has 1 aliphatic heterocycles. The molecule has 8 heteroatoms. The molecule has 7 nitrogen and oxygen atoms in total. The van der Waals surface area contributed by atoms with Gasteiger partial charge in [-0.05, 0) is 47.7 Å². The Bertz CT molecular complexity index is 1550. The number of hydrogen-bond acceptors (Lipinski definition) is 5. The van der Waals surface area contributed by atoms with E-state index in [4.69, 9.17) is 4.74 Å². The molecule has 0 N–H and O–H groups in total. The third kappa shape index (κ3) is 7.33. The lowest BCUT2D eigenvalue weighted by Gasteiger charge is -2.40. The van der Waals surface area contributed by atoms with Crippen molar-refractivity contribution in [1.29, 1.82) is 0 Å². The van der Waals surface area contributed by atoms with Crippen LogP contribution < -0.4 is 4.74 Å². The van der Waals surface area contributed by atoms with E-state index in [-0.39, 0.29) is 35.7 Å². The summed E-state index contributed by atoms with van der Waals surface area (Å²) in [5.41, 5.74) is 4.22. The van der Waals surface area contributed by atoms with Crippen molar-refractivity contribution in [3.8, 4) is 5.75 Å². The number of nitrogens with zero attached hydrogens (tertiary/aromatic N) is 3. The fourth-order valence-corrected chi connectivity index (χ4v) is 7.30. The Kier molecular flexibility index (Phi) is 9.92. The first-order valence-corrected chi connectivity index (χ1v) is 16.1. The normalized spacial score (nSPS) is 14.3. The monoisotopic (exact) mass is 597 g/mol. The number of benzene rings is 4. The molecule has 0 bridgehead atoms. The number of carbonyl (C=O) groups is 1. The van der Waals surface area contributed by atoms with E-state index in [0.29, 0.717) is 32.6 Å². The second-order valence-corrected chi connectivity index (χ2v) is 12.8. The van der Waals surface area contributed by atoms with Gasteiger partial charge in [-0.2, -0.15) is 4.31 Å². The zero-order valence-corrected chi connectivity index (χ0v) is 25.6. The molecule has 5 rings (SSSR count). The van der Waals surface area contributed by atoms with Gasteiger partial charge in [0.25, 0.3) is 0 Å². The fourth-order valence-electron chi connectivity index (χ4n) is 5.67. The summed E-state index contributed by atoms with van der Waals surface area (Å²) < 4.78 is 34.8. The van der Waals surface area contributed by atoms with Crippen LogP contribution in [0.2, 0.25) is 0 Å². The van der Waals surface area contributed by atoms with Crippen LogP contribution in [0, 0.1) is 6.92 Å². The highest BCUT2D eigenvalue weighted by Crippen LogP contribution is 2.30. The van der Waals surface area contributed by atoms with Gasteiger partial charge in [-0.3, -0.25) is 9.69 Å². The van der Waals surface area contributed by atoms with E-state index < -0.39 is 10.0 Å². The molecule has 0 radical (unpaired) electrons. The van der Waals surface area contributed by atoms with Gasteiger partial charge in [0.2, 0.25) is 15.9 Å². The van der Waals surface area contributed by atoms with Gasteiger partial charge in [0.05, 0.1) is 19.7 Å². The van der Waals surface area contributed by atoms with Crippen molar-refractivity contribution in [2.75, 3.05) is 46.4 Å². The molecule has 0 aliphatic carbocycles. The SMILES string of the molecule is COc1ccc(C)cc1S(=O)(=O)N(CCc1ccccc1)CC(=O)N1CCN(C(c2ccccc2)c2ccccc2)CC1. The van der Waals surface area contributed by atoms with Crippen LogP contribution in [-0.2, 0) is 21.2 Å². The van der Waals surface area contributed by atoms with E-state index in [1.807, 2.05) is 55.5 Å². The van der Waals surface area contributed by atoms with Crippen molar-refractivity contribution in [2.45, 2.75) is 24.3 Å². The fraction of sp³-hybridized carbons (Fsp3) is 0.286. The van der Waals surface area contributed by atoms with Crippen LogP contribution in [0.15, 0.2) is 114 Å². The predicted molar refractivity (Wildman–Crippen MR) is 170 cm³/mol. The smallest absolute Gasteiger partial charge is 0.247 e. The summed E-state index contributed by atoms with van der Waals surface area (Å²) in [6.07, 6.45) is 0.491. The summed E-state index contributed by atoms with van der Waals surface area (Å²) in [6, 6.07) is 35.7. The van der Waals surface area contributed by atoms with E-state index in [0.717, 1.165) is 11.1 Å². The number of sulfonamides is 1. The Balaban J connectivity index is 1.33. The molecular formula is C35H39N3O4S. The molecular weight excluding hydrogens is 558 g/mol. The van der Waals surface area contributed by atoms with Crippen LogP contribution >= 0.6 is 0 Å². The molecule has 1 heterocycles. The molecule has 0 aromatic heterocycles. The minimum atomic E-state index is -4.02. The lowest BCUT2D eigenvalue weighted by molar-refractivity contribution is -0.133. The zero-order chi connectivity index (χ0) is 30.2. The van der Waals surface area contributed by atoms with Gasteiger partial charge in [0.15, 0.2) is 0 Å². The molecule has 1 aliphatic rings. The summed E-state index contributed by atoms with van der Waals surface area (Å²) in [5, 5.41) is 0. The number of methoxy groups -OCH3 is 1. The third-order valence-electron chi connectivity index (χ3n) is 8.00. The Hall–Kier alpha value is -3.98. The summed E-state index contributed by atoms with van der Waals surface area (Å²) in [6.45, 7) is 4.21. The molecule has 4 aromatic rings. The topological polar surface area (TPSA) is 70.2 Å². The van der Waals surface area contributed by atoms with E-state index >= 15 is 0 Å². The molecule has 1 saturated heterocycles. The van der Waals surface area contributed by atoms with E-state index in [1.54, 1.807) is 17.0 Å².